The van der Waals surface area contributed by atoms with E-state index in [1.807, 2.05) is 27.7 Å². The number of aliphatic hydroxyl groups is 1. The molecular weight excluding hydrogens is 264 g/mol. The van der Waals surface area contributed by atoms with Crippen LogP contribution in [-0.2, 0) is 9.53 Å². The van der Waals surface area contributed by atoms with Gasteiger partial charge in [-0.25, -0.2) is 0 Å². The molecule has 0 radical (unpaired) electrons. The maximum absolute atomic E-state index is 11.6. The summed E-state index contributed by atoms with van der Waals surface area (Å²) in [7, 11) is 1.42. The topological polar surface area (TPSA) is 46.5 Å². The van der Waals surface area contributed by atoms with Crippen LogP contribution in [0.3, 0.4) is 0 Å². The molecule has 0 saturated heterocycles. The number of carbonyl (C=O) groups is 1. The minimum absolute atomic E-state index is 0.0531. The zero-order valence-corrected chi connectivity index (χ0v) is 14.3. The van der Waals surface area contributed by atoms with Gasteiger partial charge in [-0.05, 0) is 43.9 Å². The number of rotatable bonds is 2. The predicted molar refractivity (Wildman–Crippen MR) is 88.1 cm³/mol. The summed E-state index contributed by atoms with van der Waals surface area (Å²) in [5, 5.41) is 9.61. The summed E-state index contributed by atoms with van der Waals surface area (Å²) in [5.74, 6) is 0.0335. The van der Waals surface area contributed by atoms with E-state index in [9.17, 15) is 9.90 Å². The summed E-state index contributed by atoms with van der Waals surface area (Å²) in [6.07, 6.45) is 6.05. The van der Waals surface area contributed by atoms with Gasteiger partial charge in [-0.1, -0.05) is 39.8 Å². The first-order valence-corrected chi connectivity index (χ1v) is 7.88. The van der Waals surface area contributed by atoms with Crippen molar-refractivity contribution in [2.45, 2.75) is 53.9 Å². The summed E-state index contributed by atoms with van der Waals surface area (Å²) in [6, 6.07) is 0. The zero-order valence-electron chi connectivity index (χ0n) is 14.3. The molecule has 2 rings (SSSR count). The summed E-state index contributed by atoms with van der Waals surface area (Å²) in [5.41, 5.74) is 1.95. The van der Waals surface area contributed by atoms with E-state index in [0.29, 0.717) is 0 Å². The van der Waals surface area contributed by atoms with E-state index < -0.39 is 0 Å². The van der Waals surface area contributed by atoms with Crippen molar-refractivity contribution in [3.63, 3.8) is 0 Å². The molecule has 2 fully saturated rings. The number of carbonyl (C=O) groups excluding carboxylic acids is 1. The molecule has 3 nitrogen and oxygen atoms in total. The third kappa shape index (κ3) is 3.99. The van der Waals surface area contributed by atoms with Gasteiger partial charge in [0.1, 0.15) is 5.76 Å². The van der Waals surface area contributed by atoms with Gasteiger partial charge in [0.25, 0.3) is 0 Å². The van der Waals surface area contributed by atoms with Crippen molar-refractivity contribution in [1.29, 1.82) is 0 Å². The molecule has 120 valence electrons. The Morgan fingerprint density at radius 3 is 2.43 bits per heavy atom. The van der Waals surface area contributed by atoms with Crippen molar-refractivity contribution in [3.05, 3.63) is 35.6 Å². The second kappa shape index (κ2) is 8.71. The van der Waals surface area contributed by atoms with Gasteiger partial charge >= 0.3 is 5.97 Å². The fraction of sp³-hybridized carbons (Fsp3) is 0.611. The van der Waals surface area contributed by atoms with Crippen molar-refractivity contribution < 1.29 is 14.6 Å². The molecule has 0 aromatic carbocycles. The van der Waals surface area contributed by atoms with Gasteiger partial charge in [-0.15, -0.1) is 0 Å². The Labute approximate surface area is 129 Å². The average molecular weight is 294 g/mol. The van der Waals surface area contributed by atoms with E-state index >= 15 is 0 Å². The molecule has 0 heterocycles. The van der Waals surface area contributed by atoms with E-state index in [-0.39, 0.29) is 23.1 Å². The minimum atomic E-state index is -0.148. The monoisotopic (exact) mass is 294 g/mol. The van der Waals surface area contributed by atoms with Crippen molar-refractivity contribution >= 4 is 5.97 Å². The number of ether oxygens (including phenoxy) is 1. The van der Waals surface area contributed by atoms with Crippen LogP contribution in [0.4, 0.5) is 0 Å². The van der Waals surface area contributed by atoms with Crippen molar-refractivity contribution in [1.82, 2.24) is 0 Å². The summed E-state index contributed by atoms with van der Waals surface area (Å²) in [6.45, 7) is 13.8. The highest BCUT2D eigenvalue weighted by Crippen LogP contribution is 2.67. The number of hydrogen-bond acceptors (Lipinski definition) is 3. The van der Waals surface area contributed by atoms with Crippen LogP contribution in [0.2, 0.25) is 0 Å². The first-order valence-electron chi connectivity index (χ1n) is 7.88. The van der Waals surface area contributed by atoms with E-state index in [2.05, 4.69) is 6.58 Å². The van der Waals surface area contributed by atoms with Crippen LogP contribution in [0.25, 0.3) is 0 Å². The zero-order chi connectivity index (χ0) is 16.6. The predicted octanol–water partition coefficient (Wildman–Crippen LogP) is 4.96. The molecule has 0 amide bonds. The Morgan fingerprint density at radius 2 is 1.95 bits per heavy atom. The molecule has 1 N–H and O–H groups in total. The lowest BCUT2D eigenvalue weighted by atomic mass is 9.94. The van der Waals surface area contributed by atoms with Crippen LogP contribution in [0.1, 0.15) is 53.9 Å². The Kier molecular flexibility index (Phi) is 8.08. The highest BCUT2D eigenvalue weighted by atomic mass is 16.5. The number of hydrogen-bond donors (Lipinski definition) is 1. The van der Waals surface area contributed by atoms with Gasteiger partial charge < -0.3 is 9.84 Å². The number of allylic oxidation sites excluding steroid dienone is 4. The molecule has 1 spiro atoms. The first kappa shape index (κ1) is 19.5. The molecule has 2 aliphatic carbocycles. The van der Waals surface area contributed by atoms with Crippen LogP contribution >= 0.6 is 0 Å². The van der Waals surface area contributed by atoms with Gasteiger partial charge in [0.05, 0.1) is 13.0 Å². The summed E-state index contributed by atoms with van der Waals surface area (Å²) >= 11 is 0. The third-order valence-corrected chi connectivity index (χ3v) is 3.94. The van der Waals surface area contributed by atoms with Gasteiger partial charge in [0.2, 0.25) is 0 Å². The average Bonchev–Trinajstić information content (AvgIpc) is 3.20. The lowest BCUT2D eigenvalue weighted by Crippen LogP contribution is -2.11. The van der Waals surface area contributed by atoms with Crippen molar-refractivity contribution in [2.24, 2.45) is 11.3 Å². The van der Waals surface area contributed by atoms with E-state index in [1.165, 1.54) is 7.11 Å². The second-order valence-electron chi connectivity index (χ2n) is 4.81. The van der Waals surface area contributed by atoms with Crippen molar-refractivity contribution in [3.8, 4) is 0 Å². The molecule has 0 aromatic heterocycles. The molecular formula is C18H30O3. The quantitative estimate of drug-likeness (QED) is 0.578. The Morgan fingerprint density at radius 1 is 1.38 bits per heavy atom. The van der Waals surface area contributed by atoms with Gasteiger partial charge in [0.15, 0.2) is 0 Å². The van der Waals surface area contributed by atoms with Crippen molar-refractivity contribution in [2.75, 3.05) is 7.11 Å². The lowest BCUT2D eigenvalue weighted by Gasteiger charge is -2.11. The van der Waals surface area contributed by atoms with E-state index in [0.717, 1.165) is 30.4 Å². The van der Waals surface area contributed by atoms with Gasteiger partial charge in [-0.2, -0.15) is 0 Å². The second-order valence-corrected chi connectivity index (χ2v) is 4.81. The van der Waals surface area contributed by atoms with E-state index in [1.54, 1.807) is 19.1 Å². The summed E-state index contributed by atoms with van der Waals surface area (Å²) in [4.78, 5) is 11.6. The van der Waals surface area contributed by atoms with Crippen LogP contribution in [0.15, 0.2) is 35.6 Å². The molecule has 2 aliphatic rings. The SMILES string of the molecule is C=C1CC[C@]2(C[C@H]2C(=O)OC)/C1=C/C(O)=C\C.CC.CC. The van der Waals surface area contributed by atoms with Crippen LogP contribution in [-0.4, -0.2) is 18.2 Å². The smallest absolute Gasteiger partial charge is 0.309 e. The highest BCUT2D eigenvalue weighted by molar-refractivity contribution is 5.79. The van der Waals surface area contributed by atoms with Crippen LogP contribution in [0, 0.1) is 11.3 Å². The van der Waals surface area contributed by atoms with Gasteiger partial charge in [-0.3, -0.25) is 4.79 Å². The molecule has 0 unspecified atom stereocenters. The maximum Gasteiger partial charge on any atom is 0.309 e. The highest BCUT2D eigenvalue weighted by Gasteiger charge is 2.63. The molecule has 0 aromatic rings. The largest absolute Gasteiger partial charge is 0.508 e. The fourth-order valence-corrected chi connectivity index (χ4v) is 2.80. The Balaban J connectivity index is 0.000000921. The summed E-state index contributed by atoms with van der Waals surface area (Å²) < 4.78 is 4.80. The number of esters is 1. The lowest BCUT2D eigenvalue weighted by molar-refractivity contribution is -0.142. The van der Waals surface area contributed by atoms with Crippen LogP contribution < -0.4 is 0 Å². The molecule has 21 heavy (non-hydrogen) atoms. The normalized spacial score (nSPS) is 28.5. The first-order chi connectivity index (χ1) is 10.0. The molecule has 2 atom stereocenters. The minimum Gasteiger partial charge on any atom is -0.508 e. The third-order valence-electron chi connectivity index (χ3n) is 3.94. The number of aliphatic hydroxyl groups excluding tert-OH is 1. The maximum atomic E-state index is 11.6. The fourth-order valence-electron chi connectivity index (χ4n) is 2.80. The standard InChI is InChI=1S/C14H18O3.2C2H6/c1-4-10(15)7-11-9(2)5-6-14(11)8-12(14)13(16)17-3;2*1-2/h4,7,12,15H,2,5-6,8H2,1,3H3;2*1-2H3/b10-4+,11-7+;;/t12-,14-;;/m0../s1. The van der Waals surface area contributed by atoms with Crippen LogP contribution in [0.5, 0.6) is 0 Å². The number of methoxy groups -OCH3 is 1. The van der Waals surface area contributed by atoms with Gasteiger partial charge in [0, 0.05) is 5.41 Å². The molecule has 2 saturated carbocycles. The van der Waals surface area contributed by atoms with E-state index in [4.69, 9.17) is 4.74 Å². The Bertz CT molecular complexity index is 432. The molecule has 0 bridgehead atoms. The Hall–Kier alpha value is -1.51. The molecule has 0 aliphatic heterocycles. The molecule has 3 heteroatoms.